The van der Waals surface area contributed by atoms with Crippen molar-refractivity contribution in [3.63, 3.8) is 0 Å². The number of rotatable bonds is 1. The third-order valence-electron chi connectivity index (χ3n) is 1.72. The van der Waals surface area contributed by atoms with Gasteiger partial charge in [-0.2, -0.15) is 4.98 Å². The molecule has 2 unspecified atom stereocenters. The van der Waals surface area contributed by atoms with Gasteiger partial charge in [0.25, 0.3) is 0 Å². The average molecular weight is 215 g/mol. The second-order valence-corrected chi connectivity index (χ2v) is 3.45. The zero-order chi connectivity index (χ0) is 10.1. The molecule has 1 aromatic heterocycles. The first kappa shape index (κ1) is 9.44. The number of aliphatic hydroxyl groups is 2. The van der Waals surface area contributed by atoms with Crippen molar-refractivity contribution < 1.29 is 10.2 Å². The van der Waals surface area contributed by atoms with Crippen molar-refractivity contribution in [2.45, 2.75) is 17.6 Å². The quantitative estimate of drug-likeness (QED) is 0.445. The zero-order valence-electron chi connectivity index (χ0n) is 7.30. The molecule has 0 aromatic carbocycles. The van der Waals surface area contributed by atoms with E-state index in [9.17, 15) is 10.2 Å². The summed E-state index contributed by atoms with van der Waals surface area (Å²) in [5, 5.41) is 31.7. The Morgan fingerprint density at radius 1 is 1.14 bits per heavy atom. The minimum Gasteiger partial charge on any atom is -0.369 e. The highest BCUT2D eigenvalue weighted by Crippen LogP contribution is 2.23. The molecule has 0 fully saturated rings. The molecule has 0 saturated carbocycles. The number of aromatic nitrogens is 3. The Hall–Kier alpha value is -1.12. The normalized spacial score (nSPS) is 24.8. The van der Waals surface area contributed by atoms with Gasteiger partial charge in [0.2, 0.25) is 5.16 Å². The van der Waals surface area contributed by atoms with E-state index < -0.39 is 12.5 Å². The van der Waals surface area contributed by atoms with Crippen LogP contribution in [0.1, 0.15) is 0 Å². The van der Waals surface area contributed by atoms with Gasteiger partial charge in [-0.1, -0.05) is 11.8 Å². The SMILES string of the molecule is CSc1nnc2c(n1)NC(O)C(O)N2. The molecule has 2 heterocycles. The topological polar surface area (TPSA) is 103 Å². The van der Waals surface area contributed by atoms with E-state index >= 15 is 0 Å². The average Bonchev–Trinajstić information content (AvgIpc) is 2.19. The third-order valence-corrected chi connectivity index (χ3v) is 2.26. The van der Waals surface area contributed by atoms with E-state index in [2.05, 4.69) is 25.8 Å². The molecule has 0 saturated heterocycles. The zero-order valence-corrected chi connectivity index (χ0v) is 8.12. The Morgan fingerprint density at radius 3 is 2.43 bits per heavy atom. The van der Waals surface area contributed by atoms with Crippen LogP contribution in [0.25, 0.3) is 0 Å². The van der Waals surface area contributed by atoms with Crippen LogP contribution in [0.15, 0.2) is 5.16 Å². The maximum Gasteiger partial charge on any atom is 0.210 e. The Balaban J connectivity index is 2.33. The van der Waals surface area contributed by atoms with E-state index in [1.54, 1.807) is 0 Å². The standard InChI is InChI=1S/C6H9N5O2S/c1-14-6-9-2-3(10-11-6)8-5(13)4(12)7-2/h4-5,12-13H,1H3,(H,8,10)(H,7,9,11). The first-order valence-corrected chi connectivity index (χ1v) is 5.11. The second-order valence-electron chi connectivity index (χ2n) is 2.67. The number of nitrogens with zero attached hydrogens (tertiary/aromatic N) is 3. The summed E-state index contributed by atoms with van der Waals surface area (Å²) in [5.74, 6) is 0.725. The monoisotopic (exact) mass is 215 g/mol. The predicted molar refractivity (Wildman–Crippen MR) is 50.9 cm³/mol. The maximum absolute atomic E-state index is 9.27. The van der Waals surface area contributed by atoms with Crippen molar-refractivity contribution >= 4 is 23.4 Å². The van der Waals surface area contributed by atoms with Crippen molar-refractivity contribution in [1.82, 2.24) is 15.2 Å². The summed E-state index contributed by atoms with van der Waals surface area (Å²) < 4.78 is 0. The molecule has 7 nitrogen and oxygen atoms in total. The van der Waals surface area contributed by atoms with Crippen LogP contribution in [0.2, 0.25) is 0 Å². The smallest absolute Gasteiger partial charge is 0.210 e. The molecule has 0 radical (unpaired) electrons. The van der Waals surface area contributed by atoms with Gasteiger partial charge in [-0.05, 0) is 6.26 Å². The molecule has 1 aliphatic rings. The summed E-state index contributed by atoms with van der Waals surface area (Å²) in [6, 6.07) is 0. The van der Waals surface area contributed by atoms with Gasteiger partial charge in [0, 0.05) is 0 Å². The van der Waals surface area contributed by atoms with Crippen LogP contribution in [0.3, 0.4) is 0 Å². The number of hydrogen-bond donors (Lipinski definition) is 4. The third kappa shape index (κ3) is 1.59. The Kier molecular flexibility index (Phi) is 2.40. The van der Waals surface area contributed by atoms with Crippen LogP contribution in [0, 0.1) is 0 Å². The number of anilines is 2. The van der Waals surface area contributed by atoms with Crippen molar-refractivity contribution in [3.05, 3.63) is 0 Å². The molecule has 2 rings (SSSR count). The molecule has 0 spiro atoms. The Morgan fingerprint density at radius 2 is 1.79 bits per heavy atom. The summed E-state index contributed by atoms with van der Waals surface area (Å²) >= 11 is 1.35. The van der Waals surface area contributed by atoms with E-state index in [4.69, 9.17) is 0 Å². The number of fused-ring (bicyclic) bond motifs is 1. The lowest BCUT2D eigenvalue weighted by molar-refractivity contribution is 0.0517. The molecule has 1 aliphatic heterocycles. The highest BCUT2D eigenvalue weighted by Gasteiger charge is 2.26. The number of aliphatic hydroxyl groups excluding tert-OH is 2. The summed E-state index contributed by atoms with van der Waals surface area (Å²) in [5.41, 5.74) is 0. The van der Waals surface area contributed by atoms with Gasteiger partial charge in [0.1, 0.15) is 0 Å². The van der Waals surface area contributed by atoms with Gasteiger partial charge in [-0.15, -0.1) is 10.2 Å². The molecule has 1 aromatic rings. The second kappa shape index (κ2) is 3.56. The van der Waals surface area contributed by atoms with E-state index in [1.165, 1.54) is 11.8 Å². The Bertz CT molecular complexity index is 349. The highest BCUT2D eigenvalue weighted by molar-refractivity contribution is 7.98. The van der Waals surface area contributed by atoms with Crippen LogP contribution >= 0.6 is 11.8 Å². The molecular weight excluding hydrogens is 206 g/mol. The number of thioether (sulfide) groups is 1. The molecule has 0 aliphatic carbocycles. The predicted octanol–water partition coefficient (Wildman–Crippen LogP) is -0.932. The first-order valence-electron chi connectivity index (χ1n) is 3.88. The summed E-state index contributed by atoms with van der Waals surface area (Å²) in [4.78, 5) is 4.06. The van der Waals surface area contributed by atoms with Gasteiger partial charge in [0.15, 0.2) is 24.1 Å². The van der Waals surface area contributed by atoms with Gasteiger partial charge in [0.05, 0.1) is 0 Å². The molecule has 8 heteroatoms. The lowest BCUT2D eigenvalue weighted by Gasteiger charge is -2.27. The lowest BCUT2D eigenvalue weighted by atomic mass is 10.4. The van der Waals surface area contributed by atoms with Crippen molar-refractivity contribution in [3.8, 4) is 0 Å². The van der Waals surface area contributed by atoms with Gasteiger partial charge in [-0.3, -0.25) is 0 Å². The van der Waals surface area contributed by atoms with E-state index in [0.717, 1.165) is 0 Å². The van der Waals surface area contributed by atoms with Crippen LogP contribution in [-0.2, 0) is 0 Å². The highest BCUT2D eigenvalue weighted by atomic mass is 32.2. The summed E-state index contributed by atoms with van der Waals surface area (Å²) in [7, 11) is 0. The van der Waals surface area contributed by atoms with E-state index in [1.807, 2.05) is 6.26 Å². The molecule has 2 atom stereocenters. The molecule has 14 heavy (non-hydrogen) atoms. The lowest BCUT2D eigenvalue weighted by Crippen LogP contribution is -2.43. The molecule has 0 amide bonds. The van der Waals surface area contributed by atoms with Crippen molar-refractivity contribution in [1.29, 1.82) is 0 Å². The molecular formula is C6H9N5O2S. The van der Waals surface area contributed by atoms with Crippen LogP contribution in [-0.4, -0.2) is 44.1 Å². The van der Waals surface area contributed by atoms with Crippen LogP contribution in [0.4, 0.5) is 11.6 Å². The fourth-order valence-corrected chi connectivity index (χ4v) is 1.34. The van der Waals surface area contributed by atoms with Crippen LogP contribution in [0.5, 0.6) is 0 Å². The molecule has 0 bridgehead atoms. The fraction of sp³-hybridized carbons (Fsp3) is 0.500. The summed E-state index contributed by atoms with van der Waals surface area (Å²) in [6.07, 6.45) is -0.363. The van der Waals surface area contributed by atoms with E-state index in [-0.39, 0.29) is 0 Å². The minimum absolute atomic E-state index is 0.334. The minimum atomic E-state index is -1.10. The van der Waals surface area contributed by atoms with Crippen LogP contribution < -0.4 is 10.6 Å². The maximum atomic E-state index is 9.27. The number of nitrogens with one attached hydrogen (secondary N) is 2. The fourth-order valence-electron chi connectivity index (χ4n) is 1.03. The largest absolute Gasteiger partial charge is 0.369 e. The van der Waals surface area contributed by atoms with Gasteiger partial charge >= 0.3 is 0 Å². The first-order chi connectivity index (χ1) is 6.70. The number of hydrogen-bond acceptors (Lipinski definition) is 8. The molecule has 76 valence electrons. The molecule has 4 N–H and O–H groups in total. The van der Waals surface area contributed by atoms with Gasteiger partial charge < -0.3 is 20.8 Å². The Labute approximate surface area is 84.0 Å². The van der Waals surface area contributed by atoms with Crippen molar-refractivity contribution in [2.24, 2.45) is 0 Å². The van der Waals surface area contributed by atoms with Crippen molar-refractivity contribution in [2.75, 3.05) is 16.9 Å². The van der Waals surface area contributed by atoms with Gasteiger partial charge in [-0.25, -0.2) is 0 Å². The van der Waals surface area contributed by atoms with E-state index in [0.29, 0.717) is 16.8 Å². The summed E-state index contributed by atoms with van der Waals surface area (Å²) in [6.45, 7) is 0.